The van der Waals surface area contributed by atoms with E-state index in [9.17, 15) is 19.8 Å². The quantitative estimate of drug-likeness (QED) is 0.104. The third kappa shape index (κ3) is 7.73. The Morgan fingerprint density at radius 2 is 1.53 bits per heavy atom. The van der Waals surface area contributed by atoms with Gasteiger partial charge in [0.1, 0.15) is 5.76 Å². The van der Waals surface area contributed by atoms with Gasteiger partial charge in [0.05, 0.1) is 11.0 Å². The van der Waals surface area contributed by atoms with E-state index in [2.05, 4.69) is 11.8 Å². The van der Waals surface area contributed by atoms with E-state index in [1.807, 2.05) is 19.2 Å². The standard InChI is InChI=1S/C43H59NO7/c1-3-4-5-6-7-8-9-10-11-12-13-14-15-16-20-23-36(46)50-38(31-21-18-17-19-22-31)41(47)49-34-26-27-43(48)35-30-32-24-25-33(45)39-37(32)42(43,40(34)51-39)28-29-44(35)2/h17-19,21-22,24-26,35,38,40,45,48H,3-16,20,23,27-30H2,1-2H3/t35-,38?,40+,42+,43-/m1/s1. The van der Waals surface area contributed by atoms with Crippen LogP contribution in [0.15, 0.2) is 54.3 Å². The SMILES string of the molecule is CCCCCCCCCCCCCCCCCC(=O)OC(C(=O)OC1=CC[C@@]2(O)[C@H]3Cc4ccc(O)c5c4[C@@]2(CCN3C)[C@H]1O5)c1ccccc1. The van der Waals surface area contributed by atoms with E-state index in [1.165, 1.54) is 77.0 Å². The number of phenolic OH excluding ortho intramolecular Hbond substituents is 1. The second-order valence-corrected chi connectivity index (χ2v) is 15.5. The molecule has 1 fully saturated rings. The summed E-state index contributed by atoms with van der Waals surface area (Å²) in [5.74, 6) is -0.472. The highest BCUT2D eigenvalue weighted by Crippen LogP contribution is 2.65. The van der Waals surface area contributed by atoms with Crippen molar-refractivity contribution in [1.82, 2.24) is 4.90 Å². The van der Waals surface area contributed by atoms with Crippen molar-refractivity contribution in [2.45, 2.75) is 158 Å². The number of aliphatic hydroxyl groups is 1. The van der Waals surface area contributed by atoms with Crippen LogP contribution in [0, 0.1) is 0 Å². The summed E-state index contributed by atoms with van der Waals surface area (Å²) in [5.41, 5.74) is 0.365. The lowest BCUT2D eigenvalue weighted by molar-refractivity contribution is -0.176. The Bertz CT molecular complexity index is 1520. The normalized spacial score (nSPS) is 25.0. The molecule has 51 heavy (non-hydrogen) atoms. The summed E-state index contributed by atoms with van der Waals surface area (Å²) in [6.07, 6.45) is 20.2. The first kappa shape index (κ1) is 37.4. The number of hydrogen-bond donors (Lipinski definition) is 2. The van der Waals surface area contributed by atoms with Gasteiger partial charge in [0.2, 0.25) is 6.10 Å². The molecule has 0 saturated carbocycles. The molecule has 1 unspecified atom stereocenters. The molecule has 2 aromatic rings. The Balaban J connectivity index is 1.01. The Hall–Kier alpha value is -3.36. The Labute approximate surface area is 304 Å². The van der Waals surface area contributed by atoms with Crippen LogP contribution < -0.4 is 4.74 Å². The van der Waals surface area contributed by atoms with E-state index >= 15 is 0 Å². The summed E-state index contributed by atoms with van der Waals surface area (Å²) < 4.78 is 18.4. The van der Waals surface area contributed by atoms with Crippen LogP contribution in [-0.4, -0.2) is 58.4 Å². The number of ether oxygens (including phenoxy) is 3. The van der Waals surface area contributed by atoms with Gasteiger partial charge in [-0.1, -0.05) is 133 Å². The number of rotatable bonds is 20. The number of hydrogen-bond acceptors (Lipinski definition) is 8. The van der Waals surface area contributed by atoms with Gasteiger partial charge >= 0.3 is 11.9 Å². The van der Waals surface area contributed by atoms with Crippen LogP contribution in [0.2, 0.25) is 0 Å². The van der Waals surface area contributed by atoms with Crippen molar-refractivity contribution >= 4 is 11.9 Å². The zero-order valence-corrected chi connectivity index (χ0v) is 30.9. The van der Waals surface area contributed by atoms with Crippen molar-refractivity contribution < 1.29 is 34.0 Å². The van der Waals surface area contributed by atoms with Crippen molar-refractivity contribution in [3.8, 4) is 11.5 Å². The van der Waals surface area contributed by atoms with Gasteiger partial charge in [-0.3, -0.25) is 4.79 Å². The first-order valence-corrected chi connectivity index (χ1v) is 19.9. The Morgan fingerprint density at radius 3 is 2.18 bits per heavy atom. The number of likely N-dealkylation sites (N-methyl/N-ethyl adjacent to an activating group) is 1. The summed E-state index contributed by atoms with van der Waals surface area (Å²) in [4.78, 5) is 29.2. The van der Waals surface area contributed by atoms with Crippen LogP contribution in [-0.2, 0) is 30.9 Å². The number of aromatic hydroxyl groups is 1. The van der Waals surface area contributed by atoms with Crippen molar-refractivity contribution in [2.24, 2.45) is 0 Å². The average molecular weight is 702 g/mol. The van der Waals surface area contributed by atoms with Crippen LogP contribution in [0.4, 0.5) is 0 Å². The van der Waals surface area contributed by atoms with Gasteiger partial charge in [-0.25, -0.2) is 4.79 Å². The smallest absolute Gasteiger partial charge is 0.357 e. The Kier molecular flexibility index (Phi) is 12.5. The van der Waals surface area contributed by atoms with Gasteiger partial charge in [0.15, 0.2) is 17.6 Å². The molecule has 8 heteroatoms. The van der Waals surface area contributed by atoms with Crippen molar-refractivity contribution in [3.05, 3.63) is 71.0 Å². The summed E-state index contributed by atoms with van der Waals surface area (Å²) in [5, 5.41) is 23.3. The number of nitrogens with zero attached hydrogens (tertiary/aromatic N) is 1. The fourth-order valence-corrected chi connectivity index (χ4v) is 9.32. The lowest BCUT2D eigenvalue weighted by atomic mass is 9.50. The minimum Gasteiger partial charge on any atom is -0.504 e. The molecule has 2 N–H and O–H groups in total. The van der Waals surface area contributed by atoms with E-state index in [1.54, 1.807) is 36.4 Å². The molecule has 0 aromatic heterocycles. The van der Waals surface area contributed by atoms with Crippen LogP contribution in [0.3, 0.4) is 0 Å². The molecular weight excluding hydrogens is 642 g/mol. The first-order valence-electron chi connectivity index (χ1n) is 19.9. The molecule has 2 aliphatic heterocycles. The van der Waals surface area contributed by atoms with Gasteiger partial charge in [-0.15, -0.1) is 0 Å². The lowest BCUT2D eigenvalue weighted by Gasteiger charge is -2.61. The number of phenols is 1. The monoisotopic (exact) mass is 701 g/mol. The highest BCUT2D eigenvalue weighted by molar-refractivity contribution is 5.82. The van der Waals surface area contributed by atoms with Crippen molar-refractivity contribution in [1.29, 1.82) is 0 Å². The molecule has 5 atom stereocenters. The molecule has 0 amide bonds. The predicted octanol–water partition coefficient (Wildman–Crippen LogP) is 8.76. The van der Waals surface area contributed by atoms with Gasteiger partial charge < -0.3 is 29.3 Å². The number of carbonyl (C=O) groups excluding carboxylic acids is 2. The minimum atomic E-state index is -1.24. The maximum atomic E-state index is 13.9. The van der Waals surface area contributed by atoms with Crippen LogP contribution in [0.5, 0.6) is 11.5 Å². The minimum absolute atomic E-state index is 0.0119. The second kappa shape index (κ2) is 17.0. The molecular formula is C43H59NO7. The largest absolute Gasteiger partial charge is 0.504 e. The number of likely N-dealkylation sites (tertiary alicyclic amines) is 1. The summed E-state index contributed by atoms with van der Waals surface area (Å²) >= 11 is 0. The molecule has 2 aliphatic carbocycles. The molecule has 1 spiro atoms. The summed E-state index contributed by atoms with van der Waals surface area (Å²) in [6.45, 7) is 2.99. The number of carbonyl (C=O) groups is 2. The number of esters is 2. The van der Waals surface area contributed by atoms with Crippen LogP contribution >= 0.6 is 0 Å². The zero-order valence-electron chi connectivity index (χ0n) is 30.9. The fourth-order valence-electron chi connectivity index (χ4n) is 9.32. The van der Waals surface area contributed by atoms with E-state index < -0.39 is 35.2 Å². The molecule has 2 heterocycles. The third-order valence-electron chi connectivity index (χ3n) is 12.1. The summed E-state index contributed by atoms with van der Waals surface area (Å²) in [7, 11) is 2.03. The topological polar surface area (TPSA) is 106 Å². The highest BCUT2D eigenvalue weighted by Gasteiger charge is 2.72. The second-order valence-electron chi connectivity index (χ2n) is 15.5. The number of benzene rings is 2. The summed E-state index contributed by atoms with van der Waals surface area (Å²) in [6, 6.07) is 12.4. The highest BCUT2D eigenvalue weighted by atomic mass is 16.6. The van der Waals surface area contributed by atoms with Crippen LogP contribution in [0.25, 0.3) is 0 Å². The average Bonchev–Trinajstić information content (AvgIpc) is 3.49. The fraction of sp³-hybridized carbons (Fsp3) is 0.628. The molecule has 2 aromatic carbocycles. The van der Waals surface area contributed by atoms with Gasteiger partial charge in [-0.2, -0.15) is 0 Å². The van der Waals surface area contributed by atoms with Gasteiger partial charge in [0.25, 0.3) is 0 Å². The molecule has 0 radical (unpaired) electrons. The van der Waals surface area contributed by atoms with Gasteiger partial charge in [-0.05, 0) is 50.6 Å². The van der Waals surface area contributed by atoms with E-state index in [-0.39, 0.29) is 30.4 Å². The maximum Gasteiger partial charge on any atom is 0.357 e. The van der Waals surface area contributed by atoms with Crippen molar-refractivity contribution in [2.75, 3.05) is 13.6 Å². The van der Waals surface area contributed by atoms with E-state index in [0.717, 1.165) is 36.9 Å². The first-order chi connectivity index (χ1) is 24.8. The van der Waals surface area contributed by atoms with E-state index in [0.29, 0.717) is 24.2 Å². The molecule has 1 saturated heterocycles. The Morgan fingerprint density at radius 1 is 0.902 bits per heavy atom. The van der Waals surface area contributed by atoms with Crippen LogP contribution in [0.1, 0.15) is 145 Å². The van der Waals surface area contributed by atoms with Gasteiger partial charge in [0, 0.05) is 30.0 Å². The molecule has 4 aliphatic rings. The number of piperidine rings is 1. The molecule has 278 valence electrons. The maximum absolute atomic E-state index is 13.9. The third-order valence-corrected chi connectivity index (χ3v) is 12.1. The van der Waals surface area contributed by atoms with E-state index in [4.69, 9.17) is 14.2 Å². The predicted molar refractivity (Wildman–Crippen MR) is 198 cm³/mol. The molecule has 6 rings (SSSR count). The molecule has 8 nitrogen and oxygen atoms in total. The zero-order chi connectivity index (χ0) is 35.8. The molecule has 2 bridgehead atoms. The lowest BCUT2D eigenvalue weighted by Crippen LogP contribution is -2.74. The number of unbranched alkanes of at least 4 members (excludes halogenated alkanes) is 14. The van der Waals surface area contributed by atoms with Crippen molar-refractivity contribution in [3.63, 3.8) is 0 Å².